The zero-order chi connectivity index (χ0) is 31.1. The second-order valence-electron chi connectivity index (χ2n) is 9.31. The quantitative estimate of drug-likeness (QED) is 0.0844. The Labute approximate surface area is 255 Å². The van der Waals surface area contributed by atoms with Gasteiger partial charge in [-0.05, 0) is 82.3 Å². The van der Waals surface area contributed by atoms with Gasteiger partial charge in [0.25, 0.3) is 0 Å². The number of nitrogens with zero attached hydrogens (tertiary/aromatic N) is 3. The standard InChI is InChI=1S/C30H29BrN4O8/c1-5-40-30(37)20(4)42-28-21(14-22(31)15-26(28)35(38)39)16-32-33-29(36)27-13-12-25(43-27)17-41-24-10-8-23(9-11-24)34-18(2)6-7-19(34)3/h6-16,20H,5,17H2,1-4H3,(H,33,36)/b32-16+/t20-/m0/s1. The van der Waals surface area contributed by atoms with E-state index in [-0.39, 0.29) is 30.3 Å². The molecule has 12 nitrogen and oxygen atoms in total. The summed E-state index contributed by atoms with van der Waals surface area (Å²) in [6.45, 7) is 7.34. The SMILES string of the molecule is CCOC(=O)[C@H](C)Oc1c(/C=N/NC(=O)c2ccc(COc3ccc(-n4c(C)ccc4C)cc3)o2)cc(Br)cc1[N+](=O)[O-]. The fourth-order valence-corrected chi connectivity index (χ4v) is 4.62. The molecule has 13 heteroatoms. The Morgan fingerprint density at radius 1 is 1.12 bits per heavy atom. The van der Waals surface area contributed by atoms with E-state index in [4.69, 9.17) is 18.6 Å². The number of rotatable bonds is 12. The first-order valence-corrected chi connectivity index (χ1v) is 14.0. The lowest BCUT2D eigenvalue weighted by molar-refractivity contribution is -0.386. The summed E-state index contributed by atoms with van der Waals surface area (Å²) in [5.41, 5.74) is 5.34. The van der Waals surface area contributed by atoms with E-state index in [1.807, 2.05) is 38.1 Å². The first kappa shape index (κ1) is 31.0. The highest BCUT2D eigenvalue weighted by atomic mass is 79.9. The van der Waals surface area contributed by atoms with E-state index in [1.165, 1.54) is 25.1 Å². The van der Waals surface area contributed by atoms with Crippen molar-refractivity contribution in [1.82, 2.24) is 9.99 Å². The molecule has 43 heavy (non-hydrogen) atoms. The van der Waals surface area contributed by atoms with E-state index >= 15 is 0 Å². The molecule has 4 aromatic rings. The zero-order valence-electron chi connectivity index (χ0n) is 23.8. The van der Waals surface area contributed by atoms with E-state index in [9.17, 15) is 19.7 Å². The van der Waals surface area contributed by atoms with Crippen LogP contribution in [0.5, 0.6) is 11.5 Å². The number of amides is 1. The molecule has 2 aromatic heterocycles. The van der Waals surface area contributed by atoms with Crippen molar-refractivity contribution in [2.75, 3.05) is 6.61 Å². The van der Waals surface area contributed by atoms with E-state index < -0.39 is 28.6 Å². The van der Waals surface area contributed by atoms with Crippen molar-refractivity contribution in [3.8, 4) is 17.2 Å². The molecule has 0 unspecified atom stereocenters. The number of furan rings is 1. The molecule has 1 amide bonds. The number of aryl methyl sites for hydroxylation is 2. The van der Waals surface area contributed by atoms with Crippen LogP contribution in [0.1, 0.15) is 47.1 Å². The number of nitro groups is 1. The van der Waals surface area contributed by atoms with Crippen molar-refractivity contribution in [3.63, 3.8) is 0 Å². The molecule has 1 N–H and O–H groups in total. The van der Waals surface area contributed by atoms with Crippen LogP contribution < -0.4 is 14.9 Å². The third kappa shape index (κ3) is 7.68. The molecule has 2 heterocycles. The maximum absolute atomic E-state index is 12.6. The number of hydrazone groups is 1. The number of aromatic nitrogens is 1. The molecule has 0 spiro atoms. The average Bonchev–Trinajstić information content (AvgIpc) is 3.59. The second kappa shape index (κ2) is 13.8. The lowest BCUT2D eigenvalue weighted by Gasteiger charge is -2.15. The lowest BCUT2D eigenvalue weighted by atomic mass is 10.2. The molecule has 224 valence electrons. The first-order chi connectivity index (χ1) is 20.6. The van der Waals surface area contributed by atoms with Gasteiger partial charge >= 0.3 is 17.6 Å². The molecule has 0 aliphatic rings. The number of esters is 1. The van der Waals surface area contributed by atoms with Gasteiger partial charge in [0.1, 0.15) is 18.1 Å². The molecule has 4 rings (SSSR count). The summed E-state index contributed by atoms with van der Waals surface area (Å²) in [6, 6.07) is 17.6. The smallest absolute Gasteiger partial charge is 0.347 e. The molecular weight excluding hydrogens is 624 g/mol. The minimum absolute atomic E-state index is 0.0164. The van der Waals surface area contributed by atoms with Crippen molar-refractivity contribution in [3.05, 3.63) is 104 Å². The van der Waals surface area contributed by atoms with Crippen molar-refractivity contribution in [2.45, 2.75) is 40.4 Å². The summed E-state index contributed by atoms with van der Waals surface area (Å²) < 4.78 is 24.4. The Morgan fingerprint density at radius 2 is 1.81 bits per heavy atom. The van der Waals surface area contributed by atoms with Gasteiger partial charge in [-0.3, -0.25) is 14.9 Å². The van der Waals surface area contributed by atoms with Crippen molar-refractivity contribution >= 4 is 39.7 Å². The van der Waals surface area contributed by atoms with Crippen LogP contribution in [0.3, 0.4) is 0 Å². The first-order valence-electron chi connectivity index (χ1n) is 13.2. The van der Waals surface area contributed by atoms with Gasteiger partial charge in [-0.15, -0.1) is 0 Å². The number of carbonyl (C=O) groups is 2. The maximum Gasteiger partial charge on any atom is 0.347 e. The summed E-state index contributed by atoms with van der Waals surface area (Å²) in [5, 5.41) is 15.6. The Kier molecular flexibility index (Phi) is 9.99. The number of hydrogen-bond acceptors (Lipinski definition) is 9. The summed E-state index contributed by atoms with van der Waals surface area (Å²) in [4.78, 5) is 35.7. The number of ether oxygens (including phenoxy) is 3. The fourth-order valence-electron chi connectivity index (χ4n) is 4.16. The second-order valence-corrected chi connectivity index (χ2v) is 10.2. The highest BCUT2D eigenvalue weighted by molar-refractivity contribution is 9.10. The summed E-state index contributed by atoms with van der Waals surface area (Å²) in [6.07, 6.45) is 0.0342. The molecule has 0 aliphatic heterocycles. The van der Waals surface area contributed by atoms with Gasteiger partial charge in [-0.25, -0.2) is 10.2 Å². The van der Waals surface area contributed by atoms with Crippen LogP contribution in [0.25, 0.3) is 5.69 Å². The van der Waals surface area contributed by atoms with Crippen molar-refractivity contribution in [1.29, 1.82) is 0 Å². The van der Waals surface area contributed by atoms with Crippen LogP contribution in [0.2, 0.25) is 0 Å². The summed E-state index contributed by atoms with van der Waals surface area (Å²) in [7, 11) is 0. The Morgan fingerprint density at radius 3 is 2.47 bits per heavy atom. The topological polar surface area (TPSA) is 147 Å². The normalized spacial score (nSPS) is 11.7. The van der Waals surface area contributed by atoms with Crippen molar-refractivity contribution in [2.24, 2.45) is 5.10 Å². The molecule has 1 atom stereocenters. The number of benzene rings is 2. The van der Waals surface area contributed by atoms with Crippen LogP contribution in [0, 0.1) is 24.0 Å². The maximum atomic E-state index is 12.6. The van der Waals surface area contributed by atoms with E-state index in [0.717, 1.165) is 23.3 Å². The minimum atomic E-state index is -1.13. The summed E-state index contributed by atoms with van der Waals surface area (Å²) >= 11 is 3.22. The average molecular weight is 653 g/mol. The van der Waals surface area contributed by atoms with Crippen molar-refractivity contribution < 1.29 is 33.1 Å². The van der Waals surface area contributed by atoms with Gasteiger partial charge < -0.3 is 23.2 Å². The molecule has 0 saturated heterocycles. The molecule has 0 bridgehead atoms. The van der Waals surface area contributed by atoms with Crippen LogP contribution in [-0.2, 0) is 16.1 Å². The van der Waals surface area contributed by atoms with Crippen LogP contribution in [0.15, 0.2) is 74.7 Å². The number of halogens is 1. The number of hydrogen-bond donors (Lipinski definition) is 1. The Bertz CT molecular complexity index is 1640. The lowest BCUT2D eigenvalue weighted by Crippen LogP contribution is -2.27. The van der Waals surface area contributed by atoms with E-state index in [0.29, 0.717) is 16.0 Å². The molecule has 2 aromatic carbocycles. The molecule has 0 radical (unpaired) electrons. The number of nitro benzene ring substituents is 1. The van der Waals surface area contributed by atoms with Gasteiger partial charge in [-0.2, -0.15) is 5.10 Å². The van der Waals surface area contributed by atoms with Gasteiger partial charge in [0.2, 0.25) is 5.75 Å². The zero-order valence-corrected chi connectivity index (χ0v) is 25.4. The van der Waals surface area contributed by atoms with Gasteiger partial charge in [0, 0.05) is 33.2 Å². The van der Waals surface area contributed by atoms with Crippen LogP contribution >= 0.6 is 15.9 Å². The van der Waals surface area contributed by atoms with Crippen LogP contribution in [0.4, 0.5) is 5.69 Å². The predicted molar refractivity (Wildman–Crippen MR) is 161 cm³/mol. The van der Waals surface area contributed by atoms with E-state index in [1.54, 1.807) is 13.0 Å². The largest absolute Gasteiger partial charge is 0.486 e. The molecular formula is C30H29BrN4O8. The predicted octanol–water partition coefficient (Wildman–Crippen LogP) is 6.03. The monoisotopic (exact) mass is 652 g/mol. The third-order valence-corrected chi connectivity index (χ3v) is 6.63. The summed E-state index contributed by atoms with van der Waals surface area (Å²) in [5.74, 6) is -0.518. The van der Waals surface area contributed by atoms with Gasteiger partial charge in [0.15, 0.2) is 11.9 Å². The minimum Gasteiger partial charge on any atom is -0.486 e. The highest BCUT2D eigenvalue weighted by Gasteiger charge is 2.25. The van der Waals surface area contributed by atoms with Crippen LogP contribution in [-0.4, -0.2) is 40.3 Å². The van der Waals surface area contributed by atoms with E-state index in [2.05, 4.69) is 43.2 Å². The number of nitrogens with one attached hydrogen (secondary N) is 1. The number of carbonyl (C=O) groups excluding carboxylic acids is 2. The van der Waals surface area contributed by atoms with Gasteiger partial charge in [0.05, 0.1) is 17.7 Å². The van der Waals surface area contributed by atoms with Gasteiger partial charge in [-0.1, -0.05) is 15.9 Å². The highest BCUT2D eigenvalue weighted by Crippen LogP contribution is 2.34. The fraction of sp³-hybridized carbons (Fsp3) is 0.233. The Balaban J connectivity index is 1.39. The molecule has 0 aliphatic carbocycles. The Hall–Kier alpha value is -4.91. The molecule has 0 fully saturated rings. The third-order valence-electron chi connectivity index (χ3n) is 6.18. The molecule has 0 saturated carbocycles.